The van der Waals surface area contributed by atoms with E-state index < -0.39 is 9.84 Å². The van der Waals surface area contributed by atoms with Crippen molar-refractivity contribution in [3.05, 3.63) is 65.7 Å². The van der Waals surface area contributed by atoms with Crippen LogP contribution in [0.15, 0.2) is 64.5 Å². The van der Waals surface area contributed by atoms with Crippen LogP contribution in [0.3, 0.4) is 0 Å². The zero-order chi connectivity index (χ0) is 17.6. The first-order valence-corrected chi connectivity index (χ1v) is 9.23. The largest absolute Gasteiger partial charge is 0.474 e. The highest BCUT2D eigenvalue weighted by atomic mass is 32.2. The Balaban J connectivity index is 2.29. The molecule has 0 aliphatic carbocycles. The molecule has 1 N–H and O–H groups in total. The molecule has 24 heavy (non-hydrogen) atoms. The first kappa shape index (κ1) is 18.1. The van der Waals surface area contributed by atoms with Gasteiger partial charge in [0.2, 0.25) is 0 Å². The number of benzene rings is 2. The maximum Gasteiger partial charge on any atom is 0.262 e. The summed E-state index contributed by atoms with van der Waals surface area (Å²) in [6, 6.07) is 15.8. The molecule has 0 aromatic heterocycles. The number of ether oxygens (including phenoxy) is 1. The number of aryl methyl sites for hydroxylation is 1. The Hall–Kier alpha value is -2.25. The number of aliphatic imine (C=N–C) groups is 1. The van der Waals surface area contributed by atoms with Crippen LogP contribution in [0.2, 0.25) is 0 Å². The fourth-order valence-electron chi connectivity index (χ4n) is 1.92. The lowest BCUT2D eigenvalue weighted by atomic mass is 10.2. The highest BCUT2D eigenvalue weighted by molar-refractivity contribution is 7.91. The molecule has 0 heterocycles. The molecule has 2 aromatic rings. The third kappa shape index (κ3) is 4.87. The normalized spacial score (nSPS) is 11.8. The number of nitrogens with one attached hydrogen (secondary N) is 1. The van der Waals surface area contributed by atoms with Crippen molar-refractivity contribution in [2.75, 3.05) is 13.0 Å². The zero-order valence-corrected chi connectivity index (χ0v) is 15.0. The van der Waals surface area contributed by atoms with E-state index in [9.17, 15) is 8.42 Å². The summed E-state index contributed by atoms with van der Waals surface area (Å²) in [7, 11) is -2.10. The van der Waals surface area contributed by atoms with Crippen molar-refractivity contribution in [3.63, 3.8) is 0 Å². The molecule has 0 aliphatic rings. The molecule has 0 spiro atoms. The van der Waals surface area contributed by atoms with E-state index in [-0.39, 0.29) is 15.9 Å². The quantitative estimate of drug-likeness (QED) is 0.515. The van der Waals surface area contributed by atoms with Gasteiger partial charge in [-0.1, -0.05) is 48.0 Å². The van der Waals surface area contributed by atoms with Crippen LogP contribution < -0.4 is 5.32 Å². The number of amidine groups is 1. The maximum absolute atomic E-state index is 12.4. The molecule has 0 unspecified atom stereocenters. The van der Waals surface area contributed by atoms with Gasteiger partial charge in [0, 0.05) is 5.56 Å². The van der Waals surface area contributed by atoms with Gasteiger partial charge in [-0.2, -0.15) is 0 Å². The summed E-state index contributed by atoms with van der Waals surface area (Å²) in [6.45, 7) is 1.90. The highest BCUT2D eigenvalue weighted by Gasteiger charge is 2.15. The van der Waals surface area contributed by atoms with Crippen LogP contribution in [-0.2, 0) is 14.6 Å². The van der Waals surface area contributed by atoms with Crippen LogP contribution in [0, 0.1) is 6.92 Å². The van der Waals surface area contributed by atoms with Crippen LogP contribution in [-0.4, -0.2) is 32.4 Å². The van der Waals surface area contributed by atoms with Crippen molar-refractivity contribution in [1.82, 2.24) is 5.32 Å². The molecule has 0 radical (unpaired) electrons. The minimum atomic E-state index is -3.53. The molecule has 7 heteroatoms. The van der Waals surface area contributed by atoms with E-state index in [1.807, 2.05) is 37.3 Å². The zero-order valence-electron chi connectivity index (χ0n) is 13.4. The van der Waals surface area contributed by atoms with Gasteiger partial charge in [0.1, 0.15) is 11.7 Å². The van der Waals surface area contributed by atoms with Crippen molar-refractivity contribution in [1.29, 1.82) is 0 Å². The molecule has 2 rings (SSSR count). The fraction of sp³-hybridized carbons (Fsp3) is 0.176. The molecule has 5 nitrogen and oxygen atoms in total. The van der Waals surface area contributed by atoms with Gasteiger partial charge >= 0.3 is 0 Å². The number of hydrogen-bond donors (Lipinski definition) is 1. The van der Waals surface area contributed by atoms with Crippen molar-refractivity contribution >= 4 is 33.1 Å². The summed E-state index contributed by atoms with van der Waals surface area (Å²) in [5.74, 6) is -0.0438. The Kier molecular flexibility index (Phi) is 6.05. The van der Waals surface area contributed by atoms with E-state index in [1.165, 1.54) is 7.11 Å². The lowest BCUT2D eigenvalue weighted by Crippen LogP contribution is -2.31. The summed E-state index contributed by atoms with van der Waals surface area (Å²) in [5.41, 5.74) is 1.71. The first-order valence-electron chi connectivity index (χ1n) is 7.16. The Morgan fingerprint density at radius 1 is 1.12 bits per heavy atom. The lowest BCUT2D eigenvalue weighted by Gasteiger charge is -2.10. The molecule has 2 aromatic carbocycles. The first-order chi connectivity index (χ1) is 11.4. The van der Waals surface area contributed by atoms with Gasteiger partial charge in [0.15, 0.2) is 9.84 Å². The Labute approximate surface area is 147 Å². The molecule has 0 bridgehead atoms. The van der Waals surface area contributed by atoms with Gasteiger partial charge in [-0.15, -0.1) is 0 Å². The topological polar surface area (TPSA) is 67.8 Å². The van der Waals surface area contributed by atoms with E-state index in [0.29, 0.717) is 5.84 Å². The second-order valence-corrected chi connectivity index (χ2v) is 7.38. The number of nitrogens with zero attached hydrogens (tertiary/aromatic N) is 1. The average Bonchev–Trinajstić information content (AvgIpc) is 2.59. The van der Waals surface area contributed by atoms with Crippen LogP contribution in [0.25, 0.3) is 0 Å². The number of sulfone groups is 1. The predicted octanol–water partition coefficient (Wildman–Crippen LogP) is 2.69. The molecule has 0 atom stereocenters. The molecular formula is C17H18N2O3S2. The molecule has 0 saturated heterocycles. The van der Waals surface area contributed by atoms with Gasteiger partial charge in [-0.3, -0.25) is 4.99 Å². The third-order valence-corrected chi connectivity index (χ3v) is 4.95. The number of methoxy groups -OCH3 is 1. The summed E-state index contributed by atoms with van der Waals surface area (Å²) in [6.07, 6.45) is 0. The van der Waals surface area contributed by atoms with Gasteiger partial charge in [0.25, 0.3) is 5.17 Å². The minimum absolute atomic E-state index is 0.116. The van der Waals surface area contributed by atoms with Gasteiger partial charge < -0.3 is 10.1 Å². The van der Waals surface area contributed by atoms with Crippen LogP contribution in [0.4, 0.5) is 0 Å². The average molecular weight is 362 g/mol. The molecule has 0 amide bonds. The molecule has 0 aliphatic heterocycles. The van der Waals surface area contributed by atoms with Gasteiger partial charge in [-0.25, -0.2) is 8.42 Å². The van der Waals surface area contributed by atoms with Gasteiger partial charge in [0.05, 0.1) is 12.0 Å². The van der Waals surface area contributed by atoms with Crippen LogP contribution >= 0.6 is 12.2 Å². The van der Waals surface area contributed by atoms with E-state index in [2.05, 4.69) is 10.3 Å². The monoisotopic (exact) mass is 362 g/mol. The van der Waals surface area contributed by atoms with E-state index in [1.54, 1.807) is 24.3 Å². The SMILES string of the molecule is COC(=S)NC(=NCS(=O)(=O)c1ccc(C)cc1)c1ccccc1. The summed E-state index contributed by atoms with van der Waals surface area (Å²) in [4.78, 5) is 4.44. The Morgan fingerprint density at radius 2 is 1.75 bits per heavy atom. The number of rotatable bonds is 4. The second-order valence-electron chi connectivity index (χ2n) is 5.05. The van der Waals surface area contributed by atoms with E-state index in [0.717, 1.165) is 11.1 Å². The van der Waals surface area contributed by atoms with E-state index in [4.69, 9.17) is 17.0 Å². The van der Waals surface area contributed by atoms with Crippen molar-refractivity contribution in [3.8, 4) is 0 Å². The summed E-state index contributed by atoms with van der Waals surface area (Å²) in [5, 5.41) is 2.93. The minimum Gasteiger partial charge on any atom is -0.474 e. The number of hydrogen-bond acceptors (Lipinski definition) is 5. The molecule has 0 fully saturated rings. The smallest absolute Gasteiger partial charge is 0.262 e. The van der Waals surface area contributed by atoms with Crippen LogP contribution in [0.1, 0.15) is 11.1 Å². The van der Waals surface area contributed by atoms with Gasteiger partial charge in [-0.05, 0) is 31.3 Å². The molecule has 126 valence electrons. The van der Waals surface area contributed by atoms with Crippen molar-refractivity contribution in [2.45, 2.75) is 11.8 Å². The van der Waals surface area contributed by atoms with Crippen LogP contribution in [0.5, 0.6) is 0 Å². The molecule has 0 saturated carbocycles. The summed E-state index contributed by atoms with van der Waals surface area (Å²) >= 11 is 4.98. The van der Waals surface area contributed by atoms with Crippen molar-refractivity contribution in [2.24, 2.45) is 4.99 Å². The third-order valence-electron chi connectivity index (χ3n) is 3.23. The Bertz CT molecular complexity index is 830. The lowest BCUT2D eigenvalue weighted by molar-refractivity contribution is 0.402. The predicted molar refractivity (Wildman–Crippen MR) is 99.0 cm³/mol. The number of thiocarbonyl (C=S) groups is 1. The summed E-state index contributed by atoms with van der Waals surface area (Å²) < 4.78 is 29.8. The maximum atomic E-state index is 12.4. The standard InChI is InChI=1S/C17H18N2O3S2/c1-13-8-10-15(11-9-13)24(20,21)12-18-16(19-17(23)22-2)14-6-4-3-5-7-14/h3-11H,12H2,1-2H3,(H,18,19,23). The van der Waals surface area contributed by atoms with Crippen molar-refractivity contribution < 1.29 is 13.2 Å². The molecular weight excluding hydrogens is 344 g/mol. The highest BCUT2D eigenvalue weighted by Crippen LogP contribution is 2.13. The fourth-order valence-corrected chi connectivity index (χ4v) is 3.01. The Morgan fingerprint density at radius 3 is 2.33 bits per heavy atom. The second kappa shape index (κ2) is 8.03. The van der Waals surface area contributed by atoms with E-state index >= 15 is 0 Å².